The molecular weight excluding hydrogens is 297 g/mol. The molecule has 0 spiro atoms. The molecule has 0 aliphatic rings. The van der Waals surface area contributed by atoms with Crippen LogP contribution in [0.2, 0.25) is 0 Å². The van der Waals surface area contributed by atoms with E-state index in [0.717, 1.165) is 25.4 Å². The summed E-state index contributed by atoms with van der Waals surface area (Å²) in [7, 11) is 2.62. The van der Waals surface area contributed by atoms with Crippen LogP contribution in [0.25, 0.3) is 5.70 Å². The minimum absolute atomic E-state index is 0.0500. The van der Waals surface area contributed by atoms with Crippen LogP contribution < -0.4 is 0 Å². The molecule has 0 N–H and O–H groups in total. The summed E-state index contributed by atoms with van der Waals surface area (Å²) in [5.74, 6) is -4.51. The molecule has 0 bridgehead atoms. The Morgan fingerprint density at radius 3 is 2.55 bits per heavy atom. The van der Waals surface area contributed by atoms with Crippen molar-refractivity contribution in [3.8, 4) is 0 Å². The van der Waals surface area contributed by atoms with Gasteiger partial charge in [0, 0.05) is 31.9 Å². The molecule has 0 saturated heterocycles. The molecule has 0 unspecified atom stereocenters. The predicted octanol–water partition coefficient (Wildman–Crippen LogP) is 3.47. The summed E-state index contributed by atoms with van der Waals surface area (Å²) < 4.78 is 44.7. The number of esters is 1. The summed E-state index contributed by atoms with van der Waals surface area (Å²) in [6.07, 6.45) is 2.28. The van der Waals surface area contributed by atoms with Crippen molar-refractivity contribution in [3.05, 3.63) is 47.7 Å². The Labute approximate surface area is 126 Å². The summed E-state index contributed by atoms with van der Waals surface area (Å²) in [5, 5.41) is 0. The van der Waals surface area contributed by atoms with Crippen molar-refractivity contribution in [2.24, 2.45) is 0 Å². The number of aromatic nitrogens is 1. The first-order chi connectivity index (χ1) is 10.1. The van der Waals surface area contributed by atoms with E-state index >= 15 is 0 Å². The molecule has 0 fully saturated rings. The minimum atomic E-state index is -2.99. The summed E-state index contributed by atoms with van der Waals surface area (Å²) in [6, 6.07) is 0.957. The van der Waals surface area contributed by atoms with Gasteiger partial charge in [-0.15, -0.1) is 0 Å². The van der Waals surface area contributed by atoms with Crippen LogP contribution >= 0.6 is 0 Å². The molecule has 0 aliphatic heterocycles. The molecule has 1 rings (SSSR count). The molecule has 1 aromatic rings. The molecular formula is C15H17F3N2O2. The van der Waals surface area contributed by atoms with Gasteiger partial charge in [0.15, 0.2) is 5.82 Å². The highest BCUT2D eigenvalue weighted by Crippen LogP contribution is 2.25. The van der Waals surface area contributed by atoms with Crippen LogP contribution in [0.4, 0.5) is 13.2 Å². The van der Waals surface area contributed by atoms with Crippen molar-refractivity contribution in [1.82, 2.24) is 9.88 Å². The van der Waals surface area contributed by atoms with Crippen molar-refractivity contribution in [2.45, 2.75) is 19.8 Å². The quantitative estimate of drug-likeness (QED) is 0.781. The lowest BCUT2D eigenvalue weighted by Crippen LogP contribution is -2.17. The summed E-state index contributed by atoms with van der Waals surface area (Å²) in [5.41, 5.74) is -0.315. The molecule has 0 saturated carbocycles. The molecule has 0 atom stereocenters. The fraction of sp³-hybridized carbons (Fsp3) is 0.333. The van der Waals surface area contributed by atoms with Gasteiger partial charge in [-0.1, -0.05) is 6.58 Å². The van der Waals surface area contributed by atoms with Crippen LogP contribution in [0, 0.1) is 5.82 Å². The molecule has 1 heterocycles. The highest BCUT2D eigenvalue weighted by atomic mass is 19.3. The molecule has 7 heteroatoms. The first-order valence-electron chi connectivity index (χ1n) is 6.30. The third-order valence-corrected chi connectivity index (χ3v) is 3.04. The Balaban J connectivity index is 3.06. The smallest absolute Gasteiger partial charge is 0.339 e. The number of alkyl halides is 2. The van der Waals surface area contributed by atoms with E-state index < -0.39 is 17.7 Å². The van der Waals surface area contributed by atoms with Crippen LogP contribution in [0.15, 0.2) is 30.6 Å². The molecule has 0 radical (unpaired) electrons. The second-order valence-electron chi connectivity index (χ2n) is 4.80. The third-order valence-electron chi connectivity index (χ3n) is 3.04. The zero-order valence-electron chi connectivity index (χ0n) is 12.8. The van der Waals surface area contributed by atoms with Crippen LogP contribution in [0.3, 0.4) is 0 Å². The van der Waals surface area contributed by atoms with E-state index in [1.54, 1.807) is 0 Å². The van der Waals surface area contributed by atoms with Gasteiger partial charge in [0.05, 0.1) is 18.4 Å². The van der Waals surface area contributed by atoms with Crippen LogP contribution in [-0.2, 0) is 4.74 Å². The van der Waals surface area contributed by atoms with E-state index in [-0.39, 0.29) is 22.5 Å². The number of nitrogens with zero attached hydrogens (tertiary/aromatic N) is 2. The standard InChI is InChI=1S/C15H17F3N2O2/c1-9(15(3,17)18)8-20(4)10(2)13-12(16)6-11(7-19-13)14(21)22-5/h6-8H,2H2,1,3-5H3/b9-8+. The Hall–Kier alpha value is -2.31. The second kappa shape index (κ2) is 6.64. The number of hydrogen-bond acceptors (Lipinski definition) is 4. The van der Waals surface area contributed by atoms with E-state index in [4.69, 9.17) is 0 Å². The van der Waals surface area contributed by atoms with Crippen molar-refractivity contribution in [3.63, 3.8) is 0 Å². The average molecular weight is 314 g/mol. The number of hydrogen-bond donors (Lipinski definition) is 0. The largest absolute Gasteiger partial charge is 0.465 e. The van der Waals surface area contributed by atoms with Crippen molar-refractivity contribution in [2.75, 3.05) is 14.2 Å². The number of methoxy groups -OCH3 is 1. The third kappa shape index (κ3) is 4.09. The van der Waals surface area contributed by atoms with E-state index in [0.29, 0.717) is 0 Å². The summed E-state index contributed by atoms with van der Waals surface area (Å²) >= 11 is 0. The topological polar surface area (TPSA) is 42.4 Å². The fourth-order valence-corrected chi connectivity index (χ4v) is 1.53. The maximum Gasteiger partial charge on any atom is 0.339 e. The number of pyridine rings is 1. The molecule has 0 aliphatic carbocycles. The van der Waals surface area contributed by atoms with Crippen molar-refractivity contribution < 1.29 is 22.7 Å². The van der Waals surface area contributed by atoms with E-state index in [1.165, 1.54) is 26.0 Å². The van der Waals surface area contributed by atoms with Gasteiger partial charge in [0.25, 0.3) is 5.92 Å². The maximum absolute atomic E-state index is 14.0. The normalized spacial score (nSPS) is 12.0. The number of rotatable bonds is 5. The Morgan fingerprint density at radius 1 is 1.50 bits per heavy atom. The molecule has 22 heavy (non-hydrogen) atoms. The van der Waals surface area contributed by atoms with Crippen molar-refractivity contribution in [1.29, 1.82) is 0 Å². The molecule has 120 valence electrons. The summed E-state index contributed by atoms with van der Waals surface area (Å²) in [6.45, 7) is 5.65. The van der Waals surface area contributed by atoms with Gasteiger partial charge in [-0.3, -0.25) is 4.98 Å². The van der Waals surface area contributed by atoms with Crippen LogP contribution in [-0.4, -0.2) is 35.9 Å². The van der Waals surface area contributed by atoms with Gasteiger partial charge in [0.1, 0.15) is 5.69 Å². The van der Waals surface area contributed by atoms with Crippen LogP contribution in [0.1, 0.15) is 29.9 Å². The van der Waals surface area contributed by atoms with E-state index in [9.17, 15) is 18.0 Å². The Bertz CT molecular complexity index is 622. The van der Waals surface area contributed by atoms with Gasteiger partial charge < -0.3 is 9.64 Å². The lowest BCUT2D eigenvalue weighted by Gasteiger charge is -2.20. The number of allylic oxidation sites excluding steroid dienone is 1. The lowest BCUT2D eigenvalue weighted by molar-refractivity contribution is 0.0597. The Morgan fingerprint density at radius 2 is 2.09 bits per heavy atom. The van der Waals surface area contributed by atoms with E-state index in [1.807, 2.05) is 0 Å². The van der Waals surface area contributed by atoms with Gasteiger partial charge in [-0.25, -0.2) is 18.0 Å². The highest BCUT2D eigenvalue weighted by Gasteiger charge is 2.24. The first-order valence-corrected chi connectivity index (χ1v) is 6.30. The molecule has 1 aromatic heterocycles. The van der Waals surface area contributed by atoms with Gasteiger partial charge in [-0.2, -0.15) is 0 Å². The SMILES string of the molecule is C=C(c1ncc(C(=O)OC)cc1F)N(C)/C=C(\C)C(C)(F)F. The number of carbonyl (C=O) groups is 1. The molecule has 4 nitrogen and oxygen atoms in total. The van der Waals surface area contributed by atoms with E-state index in [2.05, 4.69) is 16.3 Å². The average Bonchev–Trinajstić information content (AvgIpc) is 2.44. The lowest BCUT2D eigenvalue weighted by atomic mass is 10.2. The van der Waals surface area contributed by atoms with Crippen LogP contribution in [0.5, 0.6) is 0 Å². The van der Waals surface area contributed by atoms with Gasteiger partial charge in [-0.05, 0) is 13.0 Å². The number of ether oxygens (including phenoxy) is 1. The monoisotopic (exact) mass is 314 g/mol. The zero-order chi connectivity index (χ0) is 17.1. The molecule has 0 amide bonds. The fourth-order valence-electron chi connectivity index (χ4n) is 1.53. The second-order valence-corrected chi connectivity index (χ2v) is 4.80. The van der Waals surface area contributed by atoms with Gasteiger partial charge in [0.2, 0.25) is 0 Å². The first kappa shape index (κ1) is 17.7. The number of halogens is 3. The number of carbonyl (C=O) groups excluding carboxylic acids is 1. The Kier molecular flexibility index (Phi) is 5.35. The van der Waals surface area contributed by atoms with Crippen molar-refractivity contribution >= 4 is 11.7 Å². The summed E-state index contributed by atoms with van der Waals surface area (Å²) in [4.78, 5) is 16.3. The minimum Gasteiger partial charge on any atom is -0.465 e. The maximum atomic E-state index is 14.0. The predicted molar refractivity (Wildman–Crippen MR) is 76.7 cm³/mol. The highest BCUT2D eigenvalue weighted by molar-refractivity contribution is 5.89. The zero-order valence-corrected chi connectivity index (χ0v) is 12.8. The molecule has 0 aromatic carbocycles. The van der Waals surface area contributed by atoms with Gasteiger partial charge >= 0.3 is 5.97 Å².